The molecule has 0 spiro atoms. The first-order valence-corrected chi connectivity index (χ1v) is 7.83. The van der Waals surface area contributed by atoms with Crippen molar-refractivity contribution >= 4 is 17.2 Å². The van der Waals surface area contributed by atoms with Gasteiger partial charge in [0.1, 0.15) is 6.04 Å². The van der Waals surface area contributed by atoms with Crippen LogP contribution in [0, 0.1) is 0 Å². The van der Waals surface area contributed by atoms with E-state index in [1.807, 2.05) is 30.5 Å². The third-order valence-corrected chi connectivity index (χ3v) is 4.47. The lowest BCUT2D eigenvalue weighted by Gasteiger charge is -2.27. The summed E-state index contributed by atoms with van der Waals surface area (Å²) in [5.41, 5.74) is 3.54. The molecule has 0 bridgehead atoms. The molecule has 2 N–H and O–H groups in total. The highest BCUT2D eigenvalue weighted by atomic mass is 32.1. The molecule has 1 aromatic heterocycles. The zero-order valence-electron chi connectivity index (χ0n) is 11.4. The number of hydrogen-bond donors (Lipinski definition) is 2. The van der Waals surface area contributed by atoms with Gasteiger partial charge in [-0.05, 0) is 46.9 Å². The summed E-state index contributed by atoms with van der Waals surface area (Å²) in [6.45, 7) is 2.87. The molecule has 0 saturated carbocycles. The van der Waals surface area contributed by atoms with Crippen LogP contribution in [-0.4, -0.2) is 12.5 Å². The van der Waals surface area contributed by atoms with E-state index < -0.39 is 0 Å². The van der Waals surface area contributed by atoms with E-state index in [-0.39, 0.29) is 18.0 Å². The minimum atomic E-state index is -0.235. The second-order valence-electron chi connectivity index (χ2n) is 5.12. The van der Waals surface area contributed by atoms with Gasteiger partial charge in [0.15, 0.2) is 0 Å². The van der Waals surface area contributed by atoms with Crippen molar-refractivity contribution in [2.45, 2.75) is 25.4 Å². The molecule has 1 aliphatic rings. The first-order valence-electron chi connectivity index (χ1n) is 6.89. The molecule has 0 saturated heterocycles. The molecule has 3 nitrogen and oxygen atoms in total. The van der Waals surface area contributed by atoms with E-state index in [2.05, 4.69) is 28.1 Å². The van der Waals surface area contributed by atoms with E-state index in [9.17, 15) is 4.79 Å². The average Bonchev–Trinajstić information content (AvgIpc) is 3.01. The predicted molar refractivity (Wildman–Crippen MR) is 81.8 cm³/mol. The number of benzene rings is 1. The maximum absolute atomic E-state index is 12.5. The third kappa shape index (κ3) is 2.62. The van der Waals surface area contributed by atoms with Crippen LogP contribution in [0.15, 0.2) is 41.1 Å². The van der Waals surface area contributed by atoms with Gasteiger partial charge in [-0.15, -0.1) is 0 Å². The topological polar surface area (TPSA) is 41.1 Å². The molecule has 104 valence electrons. The minimum Gasteiger partial charge on any atom is -0.348 e. The Kier molecular flexibility index (Phi) is 3.85. The summed E-state index contributed by atoms with van der Waals surface area (Å²) in [5.74, 6) is 0.0517. The first kappa shape index (κ1) is 13.3. The predicted octanol–water partition coefficient (Wildman–Crippen LogP) is 2.81. The normalized spacial score (nSPS) is 19.1. The lowest BCUT2D eigenvalue weighted by molar-refractivity contribution is -0.124. The Morgan fingerprint density at radius 1 is 1.40 bits per heavy atom. The second kappa shape index (κ2) is 5.77. The number of carbonyl (C=O) groups excluding carboxylic acids is 1. The van der Waals surface area contributed by atoms with Crippen LogP contribution in [-0.2, 0) is 11.2 Å². The van der Waals surface area contributed by atoms with Crippen LogP contribution in [0.3, 0.4) is 0 Å². The Morgan fingerprint density at radius 2 is 2.25 bits per heavy atom. The van der Waals surface area contributed by atoms with E-state index in [4.69, 9.17) is 0 Å². The maximum Gasteiger partial charge on any atom is 0.242 e. The second-order valence-corrected chi connectivity index (χ2v) is 5.90. The highest BCUT2D eigenvalue weighted by Crippen LogP contribution is 2.24. The van der Waals surface area contributed by atoms with E-state index in [0.717, 1.165) is 24.1 Å². The van der Waals surface area contributed by atoms with Crippen LogP contribution in [0.4, 0.5) is 0 Å². The van der Waals surface area contributed by atoms with Gasteiger partial charge >= 0.3 is 0 Å². The average molecular weight is 286 g/mol. The summed E-state index contributed by atoms with van der Waals surface area (Å²) in [6.07, 6.45) is 0.986. The summed E-state index contributed by atoms with van der Waals surface area (Å²) in [7, 11) is 0. The largest absolute Gasteiger partial charge is 0.348 e. The van der Waals surface area contributed by atoms with Gasteiger partial charge in [0.2, 0.25) is 5.91 Å². The van der Waals surface area contributed by atoms with Crippen LogP contribution in [0.25, 0.3) is 0 Å². The van der Waals surface area contributed by atoms with E-state index in [1.165, 1.54) is 5.56 Å². The van der Waals surface area contributed by atoms with Crippen molar-refractivity contribution in [3.63, 3.8) is 0 Å². The number of hydrogen-bond acceptors (Lipinski definition) is 3. The van der Waals surface area contributed by atoms with Crippen LogP contribution < -0.4 is 10.6 Å². The summed E-state index contributed by atoms with van der Waals surface area (Å²) in [6, 6.07) is 10.0. The van der Waals surface area contributed by atoms with Gasteiger partial charge in [0.05, 0.1) is 6.04 Å². The van der Waals surface area contributed by atoms with Crippen molar-refractivity contribution in [2.24, 2.45) is 0 Å². The molecule has 1 aliphatic heterocycles. The fraction of sp³-hybridized carbons (Fsp3) is 0.312. The molecular weight excluding hydrogens is 268 g/mol. The molecule has 2 aromatic rings. The Bertz CT molecular complexity index is 594. The Balaban J connectivity index is 1.75. The molecule has 0 fully saturated rings. The van der Waals surface area contributed by atoms with Crippen LogP contribution in [0.5, 0.6) is 0 Å². The van der Waals surface area contributed by atoms with E-state index in [1.54, 1.807) is 11.3 Å². The smallest absolute Gasteiger partial charge is 0.242 e. The van der Waals surface area contributed by atoms with Crippen LogP contribution in [0.1, 0.15) is 35.7 Å². The molecule has 1 aromatic carbocycles. The van der Waals surface area contributed by atoms with Crippen molar-refractivity contribution in [3.8, 4) is 0 Å². The Labute approximate surface area is 123 Å². The van der Waals surface area contributed by atoms with Gasteiger partial charge < -0.3 is 10.6 Å². The molecular formula is C16H18N2OS. The Morgan fingerprint density at radius 3 is 3.05 bits per heavy atom. The molecule has 0 aliphatic carbocycles. The number of amides is 1. The molecule has 2 unspecified atom stereocenters. The number of nitrogens with one attached hydrogen (secondary N) is 2. The summed E-state index contributed by atoms with van der Waals surface area (Å²) < 4.78 is 0. The van der Waals surface area contributed by atoms with Gasteiger partial charge in [0.25, 0.3) is 0 Å². The van der Waals surface area contributed by atoms with Gasteiger partial charge in [-0.3, -0.25) is 4.79 Å². The van der Waals surface area contributed by atoms with Crippen molar-refractivity contribution < 1.29 is 4.79 Å². The lowest BCUT2D eigenvalue weighted by atomic mass is 9.93. The number of rotatable bonds is 3. The molecule has 0 radical (unpaired) electrons. The SMILES string of the molecule is CC(NC(=O)C1NCCc2ccccc21)c1ccsc1. The monoisotopic (exact) mass is 286 g/mol. The molecule has 2 atom stereocenters. The Hall–Kier alpha value is -1.65. The first-order chi connectivity index (χ1) is 9.75. The molecule has 4 heteroatoms. The quantitative estimate of drug-likeness (QED) is 0.911. The molecule has 3 rings (SSSR count). The molecule has 1 amide bonds. The van der Waals surface area contributed by atoms with Crippen LogP contribution in [0.2, 0.25) is 0 Å². The highest BCUT2D eigenvalue weighted by molar-refractivity contribution is 7.07. The fourth-order valence-electron chi connectivity index (χ4n) is 2.64. The highest BCUT2D eigenvalue weighted by Gasteiger charge is 2.26. The summed E-state index contributed by atoms with van der Waals surface area (Å²) >= 11 is 1.65. The zero-order chi connectivity index (χ0) is 13.9. The summed E-state index contributed by atoms with van der Waals surface area (Å²) in [5, 5.41) is 10.5. The maximum atomic E-state index is 12.5. The third-order valence-electron chi connectivity index (χ3n) is 3.77. The lowest BCUT2D eigenvalue weighted by Crippen LogP contribution is -2.42. The van der Waals surface area contributed by atoms with Gasteiger partial charge in [-0.1, -0.05) is 24.3 Å². The standard InChI is InChI=1S/C16H18N2OS/c1-11(13-7-9-20-10-13)18-16(19)15-14-5-3-2-4-12(14)6-8-17-15/h2-5,7,9-11,15,17H,6,8H2,1H3,(H,18,19). The van der Waals surface area contributed by atoms with Gasteiger partial charge in [-0.25, -0.2) is 0 Å². The van der Waals surface area contributed by atoms with Crippen molar-refractivity contribution in [3.05, 3.63) is 57.8 Å². The van der Waals surface area contributed by atoms with Gasteiger partial charge in [-0.2, -0.15) is 11.3 Å². The number of carbonyl (C=O) groups is 1. The molecule has 2 heterocycles. The van der Waals surface area contributed by atoms with Crippen molar-refractivity contribution in [1.29, 1.82) is 0 Å². The van der Waals surface area contributed by atoms with Crippen LogP contribution >= 0.6 is 11.3 Å². The van der Waals surface area contributed by atoms with E-state index >= 15 is 0 Å². The zero-order valence-corrected chi connectivity index (χ0v) is 12.2. The van der Waals surface area contributed by atoms with Crippen molar-refractivity contribution in [2.75, 3.05) is 6.54 Å². The molecule has 20 heavy (non-hydrogen) atoms. The fourth-order valence-corrected chi connectivity index (χ4v) is 3.39. The summed E-state index contributed by atoms with van der Waals surface area (Å²) in [4.78, 5) is 12.5. The van der Waals surface area contributed by atoms with E-state index in [0.29, 0.717) is 0 Å². The minimum absolute atomic E-state index is 0.0460. The van der Waals surface area contributed by atoms with Crippen molar-refractivity contribution in [1.82, 2.24) is 10.6 Å². The number of fused-ring (bicyclic) bond motifs is 1. The van der Waals surface area contributed by atoms with Gasteiger partial charge in [0, 0.05) is 6.54 Å². The number of thiophene rings is 1.